The van der Waals surface area contributed by atoms with Crippen molar-refractivity contribution >= 4 is 40.2 Å². The molecule has 1 aromatic carbocycles. The molecule has 0 bridgehead atoms. The summed E-state index contributed by atoms with van der Waals surface area (Å²) in [6, 6.07) is 9.16. The van der Waals surface area contributed by atoms with Crippen LogP contribution in [-0.2, 0) is 0 Å². The minimum atomic E-state index is -0.281. The van der Waals surface area contributed by atoms with Crippen LogP contribution in [0.4, 0.5) is 10.7 Å². The molecule has 1 amide bonds. The lowest BCUT2D eigenvalue weighted by Crippen LogP contribution is -2.13. The highest BCUT2D eigenvalue weighted by Gasteiger charge is 2.12. The van der Waals surface area contributed by atoms with E-state index in [0.29, 0.717) is 14.6 Å². The molecule has 0 saturated carbocycles. The number of rotatable bonds is 2. The summed E-state index contributed by atoms with van der Waals surface area (Å²) in [5, 5.41) is 3.12. The van der Waals surface area contributed by atoms with Crippen molar-refractivity contribution in [2.75, 3.05) is 11.1 Å². The first kappa shape index (κ1) is 10.8. The number of anilines is 2. The predicted octanol–water partition coefficient (Wildman–Crippen LogP) is 2.64. The van der Waals surface area contributed by atoms with E-state index in [9.17, 15) is 4.79 Å². The Bertz CT molecular complexity index is 559. The van der Waals surface area contributed by atoms with Gasteiger partial charge < -0.3 is 16.0 Å². The van der Waals surface area contributed by atoms with Gasteiger partial charge in [0.2, 0.25) is 0 Å². The first-order chi connectivity index (χ1) is 7.66. The number of aromatic nitrogens is 1. The van der Waals surface area contributed by atoms with Crippen LogP contribution in [0.25, 0.3) is 0 Å². The molecular formula is C10H9N3OS2. The third kappa shape index (κ3) is 2.29. The molecule has 6 heteroatoms. The molecule has 1 heterocycles. The Morgan fingerprint density at radius 1 is 1.38 bits per heavy atom. The van der Waals surface area contributed by atoms with Gasteiger partial charge in [-0.25, -0.2) is 0 Å². The monoisotopic (exact) mass is 251 g/mol. The van der Waals surface area contributed by atoms with Gasteiger partial charge in [-0.05, 0) is 24.4 Å². The highest BCUT2D eigenvalue weighted by Crippen LogP contribution is 2.19. The van der Waals surface area contributed by atoms with Gasteiger partial charge >= 0.3 is 0 Å². The average Bonchev–Trinajstić information content (AvgIpc) is 2.59. The van der Waals surface area contributed by atoms with Crippen molar-refractivity contribution in [1.82, 2.24) is 4.98 Å². The summed E-state index contributed by atoms with van der Waals surface area (Å²) in [5.41, 5.74) is 6.69. The molecule has 1 aromatic heterocycles. The highest BCUT2D eigenvalue weighted by atomic mass is 32.1. The normalized spacial score (nSPS) is 10.0. The second-order valence-corrected chi connectivity index (χ2v) is 4.79. The number of nitrogens with one attached hydrogen (secondary N) is 2. The summed E-state index contributed by atoms with van der Waals surface area (Å²) in [6.07, 6.45) is 0. The lowest BCUT2D eigenvalue weighted by molar-refractivity contribution is 0.102. The quantitative estimate of drug-likeness (QED) is 0.718. The molecule has 0 spiro atoms. The minimum Gasteiger partial charge on any atom is -0.389 e. The number of nitrogen functional groups attached to an aromatic ring is 1. The average molecular weight is 251 g/mol. The summed E-state index contributed by atoms with van der Waals surface area (Å²) in [5.74, 6) is -0.281. The molecule has 0 aliphatic carbocycles. The minimum absolute atomic E-state index is 0.281. The smallest absolute Gasteiger partial charge is 0.275 e. The van der Waals surface area contributed by atoms with Crippen molar-refractivity contribution in [3.8, 4) is 0 Å². The molecule has 0 aliphatic rings. The van der Waals surface area contributed by atoms with Crippen molar-refractivity contribution in [3.63, 3.8) is 0 Å². The van der Waals surface area contributed by atoms with Crippen molar-refractivity contribution in [3.05, 3.63) is 40.0 Å². The Kier molecular flexibility index (Phi) is 3.02. The Labute approximate surface area is 101 Å². The van der Waals surface area contributed by atoms with Crippen LogP contribution in [0.1, 0.15) is 10.5 Å². The van der Waals surface area contributed by atoms with Crippen LogP contribution < -0.4 is 11.1 Å². The molecule has 0 aliphatic heterocycles. The van der Waals surface area contributed by atoms with E-state index < -0.39 is 0 Å². The maximum absolute atomic E-state index is 11.8. The van der Waals surface area contributed by atoms with Crippen LogP contribution in [0.15, 0.2) is 30.3 Å². The fourth-order valence-electron chi connectivity index (χ4n) is 1.22. The molecule has 16 heavy (non-hydrogen) atoms. The first-order valence-electron chi connectivity index (χ1n) is 4.52. The van der Waals surface area contributed by atoms with Crippen LogP contribution >= 0.6 is 23.6 Å². The van der Waals surface area contributed by atoms with Crippen LogP contribution in [-0.4, -0.2) is 10.9 Å². The fraction of sp³-hybridized carbons (Fsp3) is 0. The standard InChI is InChI=1S/C10H9N3OS2/c11-8-7(13-10(15)16-8)9(14)12-6-4-2-1-3-5-6/h1-5H,11H2,(H,12,14)(H,13,15). The molecule has 0 unspecified atom stereocenters. The van der Waals surface area contributed by atoms with Crippen LogP contribution in [0.2, 0.25) is 0 Å². The topological polar surface area (TPSA) is 70.9 Å². The molecule has 0 radical (unpaired) electrons. The zero-order valence-electron chi connectivity index (χ0n) is 8.19. The number of thiazole rings is 1. The van der Waals surface area contributed by atoms with E-state index in [1.54, 1.807) is 12.1 Å². The van der Waals surface area contributed by atoms with Gasteiger partial charge in [0.15, 0.2) is 3.95 Å². The number of aromatic amines is 1. The second kappa shape index (κ2) is 4.46. The number of H-pyrrole nitrogens is 1. The Balaban J connectivity index is 2.21. The van der Waals surface area contributed by atoms with E-state index in [4.69, 9.17) is 18.0 Å². The summed E-state index contributed by atoms with van der Waals surface area (Å²) in [4.78, 5) is 14.5. The van der Waals surface area contributed by atoms with Crippen molar-refractivity contribution in [1.29, 1.82) is 0 Å². The van der Waals surface area contributed by atoms with Gasteiger partial charge in [-0.2, -0.15) is 0 Å². The summed E-state index contributed by atoms with van der Waals surface area (Å²) in [6.45, 7) is 0. The van der Waals surface area contributed by atoms with Gasteiger partial charge in [0.1, 0.15) is 10.7 Å². The van der Waals surface area contributed by atoms with Gasteiger partial charge in [0.05, 0.1) is 0 Å². The van der Waals surface area contributed by atoms with Gasteiger partial charge in [-0.1, -0.05) is 29.5 Å². The maximum Gasteiger partial charge on any atom is 0.275 e. The van der Waals surface area contributed by atoms with Crippen molar-refractivity contribution in [2.45, 2.75) is 0 Å². The van der Waals surface area contributed by atoms with Gasteiger partial charge in [0.25, 0.3) is 5.91 Å². The highest BCUT2D eigenvalue weighted by molar-refractivity contribution is 7.73. The largest absolute Gasteiger partial charge is 0.389 e. The van der Waals surface area contributed by atoms with Crippen LogP contribution in [0.3, 0.4) is 0 Å². The SMILES string of the molecule is Nc1sc(=S)[nH]c1C(=O)Nc1ccccc1. The number of nitrogens with two attached hydrogens (primary N) is 1. The summed E-state index contributed by atoms with van der Waals surface area (Å²) < 4.78 is 0.496. The third-order valence-electron chi connectivity index (χ3n) is 1.93. The van der Waals surface area contributed by atoms with Gasteiger partial charge in [-0.3, -0.25) is 4.79 Å². The van der Waals surface area contributed by atoms with E-state index >= 15 is 0 Å². The number of carbonyl (C=O) groups excluding carboxylic acids is 1. The van der Waals surface area contributed by atoms with Gasteiger partial charge in [0, 0.05) is 5.69 Å². The van der Waals surface area contributed by atoms with Crippen LogP contribution in [0.5, 0.6) is 0 Å². The molecular weight excluding hydrogens is 242 g/mol. The number of amides is 1. The molecule has 4 N–H and O–H groups in total. The number of para-hydroxylation sites is 1. The summed E-state index contributed by atoms with van der Waals surface area (Å²) in [7, 11) is 0. The van der Waals surface area contributed by atoms with Crippen molar-refractivity contribution < 1.29 is 4.79 Å². The predicted molar refractivity (Wildman–Crippen MR) is 68.3 cm³/mol. The Morgan fingerprint density at radius 3 is 2.62 bits per heavy atom. The summed E-state index contributed by atoms with van der Waals surface area (Å²) >= 11 is 6.09. The van der Waals surface area contributed by atoms with E-state index in [1.807, 2.05) is 18.2 Å². The van der Waals surface area contributed by atoms with E-state index in [-0.39, 0.29) is 5.91 Å². The number of carbonyl (C=O) groups is 1. The second-order valence-electron chi connectivity index (χ2n) is 3.07. The molecule has 2 rings (SSSR count). The third-order valence-corrected chi connectivity index (χ3v) is 3.00. The maximum atomic E-state index is 11.8. The number of benzene rings is 1. The molecule has 4 nitrogen and oxygen atoms in total. The fourth-order valence-corrected chi connectivity index (χ4v) is 2.19. The van der Waals surface area contributed by atoms with Gasteiger partial charge in [-0.15, -0.1) is 0 Å². The Morgan fingerprint density at radius 2 is 2.06 bits per heavy atom. The zero-order valence-corrected chi connectivity index (χ0v) is 9.82. The molecule has 82 valence electrons. The number of hydrogen-bond donors (Lipinski definition) is 3. The Hall–Kier alpha value is -1.66. The van der Waals surface area contributed by atoms with Crippen molar-refractivity contribution in [2.24, 2.45) is 0 Å². The van der Waals surface area contributed by atoms with Crippen LogP contribution in [0, 0.1) is 3.95 Å². The van der Waals surface area contributed by atoms with E-state index in [2.05, 4.69) is 10.3 Å². The molecule has 0 saturated heterocycles. The molecule has 2 aromatic rings. The molecule has 0 fully saturated rings. The molecule has 0 atom stereocenters. The number of hydrogen-bond acceptors (Lipinski definition) is 4. The lowest BCUT2D eigenvalue weighted by atomic mass is 10.3. The zero-order chi connectivity index (χ0) is 11.5. The first-order valence-corrected chi connectivity index (χ1v) is 5.74. The van der Waals surface area contributed by atoms with E-state index in [0.717, 1.165) is 5.69 Å². The lowest BCUT2D eigenvalue weighted by Gasteiger charge is -2.03. The van der Waals surface area contributed by atoms with E-state index in [1.165, 1.54) is 11.3 Å².